The molecule has 0 bridgehead atoms. The molecule has 1 aliphatic heterocycles. The number of aliphatic hydroxyl groups excluding tert-OH is 2. The van der Waals surface area contributed by atoms with Crippen molar-refractivity contribution in [2.75, 3.05) is 31.6 Å². The van der Waals surface area contributed by atoms with Crippen LogP contribution >= 0.6 is 15.9 Å². The van der Waals surface area contributed by atoms with Crippen LogP contribution in [0.1, 0.15) is 12.2 Å². The number of aromatic nitrogens is 1. The molecule has 3 rings (SSSR count). The average molecular weight is 381 g/mol. The fraction of sp³-hybridized carbons (Fsp3) is 0.467. The number of halogens is 1. The molecule has 1 saturated heterocycles. The SMILES string of the molecule is N#Cc1cc2c(Br)c(NC3CCN(C(CO)CO)C3)ncc2o1. The average Bonchev–Trinajstić information content (AvgIpc) is 3.18. The highest BCUT2D eigenvalue weighted by Crippen LogP contribution is 2.32. The molecular weight excluding hydrogens is 364 g/mol. The summed E-state index contributed by atoms with van der Waals surface area (Å²) in [7, 11) is 0. The van der Waals surface area contributed by atoms with Crippen molar-refractivity contribution in [2.45, 2.75) is 18.5 Å². The van der Waals surface area contributed by atoms with Crippen molar-refractivity contribution in [1.29, 1.82) is 5.26 Å². The molecule has 1 atom stereocenters. The molecule has 7 nitrogen and oxygen atoms in total. The molecule has 3 heterocycles. The van der Waals surface area contributed by atoms with Crippen LogP contribution in [0.2, 0.25) is 0 Å². The topological polar surface area (TPSA) is 106 Å². The number of aliphatic hydroxyl groups is 2. The van der Waals surface area contributed by atoms with Crippen molar-refractivity contribution in [3.63, 3.8) is 0 Å². The summed E-state index contributed by atoms with van der Waals surface area (Å²) in [6.07, 6.45) is 2.50. The number of nitriles is 1. The lowest BCUT2D eigenvalue weighted by molar-refractivity contribution is 0.0901. The summed E-state index contributed by atoms with van der Waals surface area (Å²) in [4.78, 5) is 6.41. The lowest BCUT2D eigenvalue weighted by atomic mass is 10.2. The number of pyridine rings is 1. The fourth-order valence-electron chi connectivity index (χ4n) is 2.85. The van der Waals surface area contributed by atoms with Crippen molar-refractivity contribution in [2.24, 2.45) is 0 Å². The van der Waals surface area contributed by atoms with Crippen LogP contribution in [-0.4, -0.2) is 58.5 Å². The first kappa shape index (κ1) is 16.2. The van der Waals surface area contributed by atoms with Gasteiger partial charge in [-0.2, -0.15) is 5.26 Å². The first-order chi connectivity index (χ1) is 11.2. The zero-order chi connectivity index (χ0) is 16.4. The Balaban J connectivity index is 1.75. The molecule has 0 aromatic carbocycles. The van der Waals surface area contributed by atoms with E-state index in [1.165, 1.54) is 0 Å². The van der Waals surface area contributed by atoms with Gasteiger partial charge < -0.3 is 19.9 Å². The molecule has 0 aliphatic carbocycles. The van der Waals surface area contributed by atoms with Gasteiger partial charge in [0.1, 0.15) is 11.9 Å². The third-order valence-electron chi connectivity index (χ3n) is 4.12. The minimum Gasteiger partial charge on any atom is -0.444 e. The summed E-state index contributed by atoms with van der Waals surface area (Å²) in [5.74, 6) is 0.944. The molecule has 0 spiro atoms. The van der Waals surface area contributed by atoms with Crippen LogP contribution in [0.5, 0.6) is 0 Å². The quantitative estimate of drug-likeness (QED) is 0.717. The fourth-order valence-corrected chi connectivity index (χ4v) is 3.38. The summed E-state index contributed by atoms with van der Waals surface area (Å²) in [6, 6.07) is 3.62. The third kappa shape index (κ3) is 3.19. The van der Waals surface area contributed by atoms with Crippen LogP contribution < -0.4 is 5.32 Å². The van der Waals surface area contributed by atoms with Gasteiger partial charge in [-0.05, 0) is 22.4 Å². The highest BCUT2D eigenvalue weighted by molar-refractivity contribution is 9.10. The van der Waals surface area contributed by atoms with E-state index in [4.69, 9.17) is 9.68 Å². The largest absolute Gasteiger partial charge is 0.444 e. The first-order valence-corrected chi connectivity index (χ1v) is 8.16. The van der Waals surface area contributed by atoms with Crippen LogP contribution in [0.25, 0.3) is 11.0 Å². The van der Waals surface area contributed by atoms with Crippen LogP contribution in [0.15, 0.2) is 21.2 Å². The molecule has 0 amide bonds. The molecule has 23 heavy (non-hydrogen) atoms. The minimum atomic E-state index is -0.215. The molecule has 1 fully saturated rings. The van der Waals surface area contributed by atoms with Crippen molar-refractivity contribution in [1.82, 2.24) is 9.88 Å². The molecule has 122 valence electrons. The first-order valence-electron chi connectivity index (χ1n) is 7.36. The number of anilines is 1. The Morgan fingerprint density at radius 1 is 1.52 bits per heavy atom. The molecule has 8 heteroatoms. The number of rotatable bonds is 5. The van der Waals surface area contributed by atoms with Gasteiger partial charge in [0.25, 0.3) is 0 Å². The van der Waals surface area contributed by atoms with Crippen molar-refractivity contribution in [3.05, 3.63) is 22.5 Å². The standard InChI is InChI=1S/C15H17BrN4O3/c16-14-12-3-11(4-17)23-13(12)5-18-15(14)19-9-1-2-20(6-9)10(7-21)8-22/h3,5,9-10,21-22H,1-2,6-8H2,(H,18,19). The lowest BCUT2D eigenvalue weighted by Gasteiger charge is -2.24. The Labute approximate surface area is 141 Å². The lowest BCUT2D eigenvalue weighted by Crippen LogP contribution is -2.40. The highest BCUT2D eigenvalue weighted by atomic mass is 79.9. The molecule has 3 N–H and O–H groups in total. The Bertz CT molecular complexity index is 738. The molecule has 0 saturated carbocycles. The van der Waals surface area contributed by atoms with Gasteiger partial charge in [-0.15, -0.1) is 0 Å². The van der Waals surface area contributed by atoms with E-state index in [9.17, 15) is 10.2 Å². The molecule has 2 aromatic heterocycles. The second kappa shape index (κ2) is 6.84. The minimum absolute atomic E-state index is 0.0525. The number of furan rings is 1. The maximum Gasteiger partial charge on any atom is 0.204 e. The van der Waals surface area contributed by atoms with Gasteiger partial charge in [0, 0.05) is 30.6 Å². The Morgan fingerprint density at radius 2 is 2.30 bits per heavy atom. The van der Waals surface area contributed by atoms with E-state index in [-0.39, 0.29) is 31.1 Å². The Hall–Kier alpha value is -1.66. The number of likely N-dealkylation sites (tertiary alicyclic amines) is 1. The monoisotopic (exact) mass is 380 g/mol. The van der Waals surface area contributed by atoms with Gasteiger partial charge in [0.15, 0.2) is 5.58 Å². The van der Waals surface area contributed by atoms with Gasteiger partial charge in [-0.1, -0.05) is 0 Å². The Kier molecular flexibility index (Phi) is 4.82. The van der Waals surface area contributed by atoms with Gasteiger partial charge in [0.2, 0.25) is 5.76 Å². The molecule has 0 radical (unpaired) electrons. The van der Waals surface area contributed by atoms with Gasteiger partial charge >= 0.3 is 0 Å². The zero-order valence-electron chi connectivity index (χ0n) is 12.4. The van der Waals surface area contributed by atoms with E-state index >= 15 is 0 Å². The van der Waals surface area contributed by atoms with Crippen LogP contribution in [0, 0.1) is 11.3 Å². The summed E-state index contributed by atoms with van der Waals surface area (Å²) < 4.78 is 6.12. The van der Waals surface area contributed by atoms with E-state index in [0.29, 0.717) is 11.4 Å². The predicted octanol–water partition coefficient (Wildman–Crippen LogP) is 1.30. The van der Waals surface area contributed by atoms with E-state index in [2.05, 4.69) is 31.1 Å². The molecule has 1 unspecified atom stereocenters. The van der Waals surface area contributed by atoms with E-state index in [1.54, 1.807) is 12.3 Å². The van der Waals surface area contributed by atoms with Gasteiger partial charge in [0.05, 0.1) is 29.9 Å². The Morgan fingerprint density at radius 3 is 3.00 bits per heavy atom. The molecule has 1 aliphatic rings. The highest BCUT2D eigenvalue weighted by Gasteiger charge is 2.28. The van der Waals surface area contributed by atoms with Gasteiger partial charge in [-0.3, -0.25) is 4.90 Å². The number of nitrogens with one attached hydrogen (secondary N) is 1. The van der Waals surface area contributed by atoms with Crippen molar-refractivity contribution < 1.29 is 14.6 Å². The number of hydrogen-bond acceptors (Lipinski definition) is 7. The maximum atomic E-state index is 9.27. The van der Waals surface area contributed by atoms with Crippen LogP contribution in [0.4, 0.5) is 5.82 Å². The van der Waals surface area contributed by atoms with Crippen molar-refractivity contribution in [3.8, 4) is 6.07 Å². The molecule has 2 aromatic rings. The van der Waals surface area contributed by atoms with Gasteiger partial charge in [-0.25, -0.2) is 4.98 Å². The second-order valence-corrected chi connectivity index (χ2v) is 6.36. The predicted molar refractivity (Wildman–Crippen MR) is 88.0 cm³/mol. The smallest absolute Gasteiger partial charge is 0.204 e. The normalized spacial score (nSPS) is 18.7. The number of nitrogens with zero attached hydrogens (tertiary/aromatic N) is 3. The number of hydrogen-bond donors (Lipinski definition) is 3. The number of fused-ring (bicyclic) bond motifs is 1. The van der Waals surface area contributed by atoms with E-state index < -0.39 is 0 Å². The van der Waals surface area contributed by atoms with E-state index in [1.807, 2.05) is 6.07 Å². The van der Waals surface area contributed by atoms with E-state index in [0.717, 1.165) is 29.4 Å². The van der Waals surface area contributed by atoms with Crippen molar-refractivity contribution >= 4 is 32.7 Å². The summed E-state index contributed by atoms with van der Waals surface area (Å²) in [6.45, 7) is 1.44. The van der Waals surface area contributed by atoms with Crippen LogP contribution in [-0.2, 0) is 0 Å². The third-order valence-corrected chi connectivity index (χ3v) is 4.93. The summed E-state index contributed by atoms with van der Waals surface area (Å²) in [5, 5.41) is 31.6. The van der Waals surface area contributed by atoms with Crippen LogP contribution in [0.3, 0.4) is 0 Å². The maximum absolute atomic E-state index is 9.27. The molecular formula is C15H17BrN4O3. The summed E-state index contributed by atoms with van der Waals surface area (Å²) >= 11 is 3.52. The zero-order valence-corrected chi connectivity index (χ0v) is 14.0. The second-order valence-electron chi connectivity index (χ2n) is 5.57. The summed E-state index contributed by atoms with van der Waals surface area (Å²) in [5.41, 5.74) is 0.563.